The van der Waals surface area contributed by atoms with Crippen molar-refractivity contribution >= 4 is 17.7 Å². The highest BCUT2D eigenvalue weighted by molar-refractivity contribution is 6.09. The second-order valence-corrected chi connectivity index (χ2v) is 6.89. The van der Waals surface area contributed by atoms with Crippen LogP contribution in [0.2, 0.25) is 0 Å². The lowest BCUT2D eigenvalue weighted by Gasteiger charge is -2.16. The molecule has 3 rings (SSSR count). The Morgan fingerprint density at radius 2 is 1.79 bits per heavy atom. The second-order valence-electron chi connectivity index (χ2n) is 6.89. The Morgan fingerprint density at radius 1 is 1.11 bits per heavy atom. The topological polar surface area (TPSA) is 110 Å². The van der Waals surface area contributed by atoms with Gasteiger partial charge in [0.15, 0.2) is 5.78 Å². The van der Waals surface area contributed by atoms with E-state index in [9.17, 15) is 14.4 Å². The van der Waals surface area contributed by atoms with Gasteiger partial charge in [-0.15, -0.1) is 0 Å². The molecule has 1 fully saturated rings. The van der Waals surface area contributed by atoms with Gasteiger partial charge >= 0.3 is 11.9 Å². The molecule has 2 aromatic rings. The van der Waals surface area contributed by atoms with E-state index in [4.69, 9.17) is 15.7 Å². The molecular formula is C21H22N2O5. The Hall–Kier alpha value is -3.03. The van der Waals surface area contributed by atoms with Gasteiger partial charge in [0.05, 0.1) is 12.5 Å². The summed E-state index contributed by atoms with van der Waals surface area (Å²) in [5.74, 6) is 3.43. The van der Waals surface area contributed by atoms with Gasteiger partial charge in [0.25, 0.3) is 0 Å². The summed E-state index contributed by atoms with van der Waals surface area (Å²) in [6.07, 6.45) is -0.424. The fourth-order valence-electron chi connectivity index (χ4n) is 3.26. The lowest BCUT2D eigenvalue weighted by Crippen LogP contribution is -2.41. The number of hydrogen-bond acceptors (Lipinski definition) is 6. The summed E-state index contributed by atoms with van der Waals surface area (Å²) in [6, 6.07) is 14.9. The Labute approximate surface area is 162 Å². The number of hydrazine groups is 1. The van der Waals surface area contributed by atoms with Crippen molar-refractivity contribution < 1.29 is 24.2 Å². The van der Waals surface area contributed by atoms with Crippen LogP contribution >= 0.6 is 0 Å². The first-order valence-corrected chi connectivity index (χ1v) is 9.01. The van der Waals surface area contributed by atoms with Crippen molar-refractivity contribution in [1.29, 1.82) is 0 Å². The summed E-state index contributed by atoms with van der Waals surface area (Å²) in [4.78, 5) is 36.3. The lowest BCUT2D eigenvalue weighted by atomic mass is 9.96. The molecule has 1 aliphatic heterocycles. The summed E-state index contributed by atoms with van der Waals surface area (Å²) < 4.78 is 5.45. The highest BCUT2D eigenvalue weighted by atomic mass is 16.5. The number of rotatable bonds is 6. The van der Waals surface area contributed by atoms with E-state index in [0.29, 0.717) is 16.7 Å². The summed E-state index contributed by atoms with van der Waals surface area (Å²) in [7, 11) is 0. The van der Waals surface area contributed by atoms with Crippen LogP contribution in [0.4, 0.5) is 0 Å². The summed E-state index contributed by atoms with van der Waals surface area (Å²) in [5, 5.41) is 10.3. The largest absolute Gasteiger partial charge is 0.480 e. The van der Waals surface area contributed by atoms with Crippen LogP contribution in [0.25, 0.3) is 0 Å². The molecule has 0 bridgehead atoms. The van der Waals surface area contributed by atoms with Crippen LogP contribution < -0.4 is 5.84 Å². The molecule has 7 nitrogen and oxygen atoms in total. The molecule has 0 saturated carbocycles. The van der Waals surface area contributed by atoms with Crippen molar-refractivity contribution in [1.82, 2.24) is 5.01 Å². The molecule has 3 N–H and O–H groups in total. The number of aliphatic carboxylic acids is 1. The maximum atomic E-state index is 12.6. The Balaban J connectivity index is 1.69. The number of hydrogen-bond donors (Lipinski definition) is 2. The van der Waals surface area contributed by atoms with E-state index in [1.807, 2.05) is 6.07 Å². The third-order valence-electron chi connectivity index (χ3n) is 4.91. The Bertz CT molecular complexity index is 883. The standard InChI is InChI=1S/C21H22N2O5/c1-13(21(27)28-17-11-18(20(25)26)23(22)12-17)15-8-5-9-16(10-15)19(24)14-6-3-2-4-7-14/h2-10,13,17-18H,11-12,22H2,1H3,(H,25,26)/t13-,17+,18-/m0/s1. The normalized spacial score (nSPS) is 20.5. The molecule has 28 heavy (non-hydrogen) atoms. The van der Waals surface area contributed by atoms with Crippen LogP contribution in [-0.2, 0) is 14.3 Å². The van der Waals surface area contributed by atoms with Crippen LogP contribution in [-0.4, -0.2) is 46.5 Å². The molecule has 0 unspecified atom stereocenters. The van der Waals surface area contributed by atoms with Crippen molar-refractivity contribution in [3.05, 3.63) is 71.3 Å². The number of nitrogens with two attached hydrogens (primary N) is 1. The van der Waals surface area contributed by atoms with Crippen molar-refractivity contribution in [2.24, 2.45) is 5.84 Å². The van der Waals surface area contributed by atoms with Gasteiger partial charge in [-0.3, -0.25) is 20.2 Å². The first-order valence-electron chi connectivity index (χ1n) is 9.01. The third-order valence-corrected chi connectivity index (χ3v) is 4.91. The number of esters is 1. The van der Waals surface area contributed by atoms with Crippen LogP contribution in [0, 0.1) is 0 Å². The average molecular weight is 382 g/mol. The number of carboxylic acid groups (broad SMARTS) is 1. The van der Waals surface area contributed by atoms with Crippen LogP contribution in [0.15, 0.2) is 54.6 Å². The average Bonchev–Trinajstić information content (AvgIpc) is 3.07. The Kier molecular flexibility index (Phi) is 5.87. The zero-order chi connectivity index (χ0) is 20.3. The number of benzene rings is 2. The molecule has 0 aliphatic carbocycles. The van der Waals surface area contributed by atoms with Crippen LogP contribution in [0.5, 0.6) is 0 Å². The molecule has 1 aliphatic rings. The van der Waals surface area contributed by atoms with Gasteiger partial charge in [-0.05, 0) is 18.6 Å². The fourth-order valence-corrected chi connectivity index (χ4v) is 3.26. The monoisotopic (exact) mass is 382 g/mol. The molecule has 1 saturated heterocycles. The lowest BCUT2D eigenvalue weighted by molar-refractivity contribution is -0.150. The SMILES string of the molecule is C[C@H](C(=O)O[C@@H]1C[C@@H](C(=O)O)N(N)C1)c1cccc(C(=O)c2ccccc2)c1. The van der Waals surface area contributed by atoms with Crippen LogP contribution in [0.3, 0.4) is 0 Å². The van der Waals surface area contributed by atoms with Gasteiger partial charge in [-0.25, -0.2) is 5.01 Å². The quantitative estimate of drug-likeness (QED) is 0.446. The van der Waals surface area contributed by atoms with E-state index < -0.39 is 30.0 Å². The molecule has 146 valence electrons. The molecule has 7 heteroatoms. The van der Waals surface area contributed by atoms with Gasteiger partial charge in [-0.2, -0.15) is 0 Å². The minimum Gasteiger partial charge on any atom is -0.480 e. The maximum Gasteiger partial charge on any atom is 0.322 e. The van der Waals surface area contributed by atoms with Gasteiger partial charge in [0, 0.05) is 17.5 Å². The summed E-state index contributed by atoms with van der Waals surface area (Å²) in [6.45, 7) is 1.86. The van der Waals surface area contributed by atoms with Crippen molar-refractivity contribution in [3.8, 4) is 0 Å². The molecule has 0 spiro atoms. The van der Waals surface area contributed by atoms with Gasteiger partial charge < -0.3 is 9.84 Å². The first-order chi connectivity index (χ1) is 13.4. The van der Waals surface area contributed by atoms with Gasteiger partial charge in [0.2, 0.25) is 0 Å². The molecule has 2 aromatic carbocycles. The summed E-state index contributed by atoms with van der Waals surface area (Å²) in [5.41, 5.74) is 1.72. The number of carbonyl (C=O) groups excluding carboxylic acids is 2. The number of nitrogens with zero attached hydrogens (tertiary/aromatic N) is 1. The zero-order valence-electron chi connectivity index (χ0n) is 15.4. The predicted molar refractivity (Wildman–Crippen MR) is 102 cm³/mol. The number of ketones is 1. The van der Waals surface area contributed by atoms with Crippen molar-refractivity contribution in [2.45, 2.75) is 31.4 Å². The highest BCUT2D eigenvalue weighted by Gasteiger charge is 2.37. The molecule has 1 heterocycles. The van der Waals surface area contributed by atoms with E-state index >= 15 is 0 Å². The van der Waals surface area contributed by atoms with E-state index in [2.05, 4.69) is 0 Å². The van der Waals surface area contributed by atoms with Crippen molar-refractivity contribution in [3.63, 3.8) is 0 Å². The van der Waals surface area contributed by atoms with E-state index in [0.717, 1.165) is 0 Å². The highest BCUT2D eigenvalue weighted by Crippen LogP contribution is 2.23. The summed E-state index contributed by atoms with van der Waals surface area (Å²) >= 11 is 0. The predicted octanol–water partition coefficient (Wildman–Crippen LogP) is 1.97. The van der Waals surface area contributed by atoms with E-state index in [-0.39, 0.29) is 18.7 Å². The second kappa shape index (κ2) is 8.33. The van der Waals surface area contributed by atoms with E-state index in [1.165, 1.54) is 5.01 Å². The third kappa shape index (κ3) is 4.27. The minimum atomic E-state index is -1.04. The molecule has 0 aromatic heterocycles. The first kappa shape index (κ1) is 19.7. The van der Waals surface area contributed by atoms with E-state index in [1.54, 1.807) is 55.5 Å². The van der Waals surface area contributed by atoms with Crippen LogP contribution in [0.1, 0.15) is 40.7 Å². The Morgan fingerprint density at radius 3 is 2.43 bits per heavy atom. The maximum absolute atomic E-state index is 12.6. The molecular weight excluding hydrogens is 360 g/mol. The van der Waals surface area contributed by atoms with Gasteiger partial charge in [-0.1, -0.05) is 48.5 Å². The minimum absolute atomic E-state index is 0.123. The molecule has 0 amide bonds. The number of carboxylic acids is 1. The molecule has 0 radical (unpaired) electrons. The molecule has 3 atom stereocenters. The smallest absolute Gasteiger partial charge is 0.322 e. The van der Waals surface area contributed by atoms with Crippen molar-refractivity contribution in [2.75, 3.05) is 6.54 Å². The fraction of sp³-hybridized carbons (Fsp3) is 0.286. The number of ether oxygens (including phenoxy) is 1. The van der Waals surface area contributed by atoms with Gasteiger partial charge in [0.1, 0.15) is 12.1 Å². The number of carbonyl (C=O) groups is 3. The zero-order valence-corrected chi connectivity index (χ0v) is 15.4.